The Morgan fingerprint density at radius 1 is 1.24 bits per heavy atom. The van der Waals surface area contributed by atoms with Crippen molar-refractivity contribution in [2.45, 2.75) is 13.0 Å². The minimum atomic E-state index is -0.239. The molecule has 17 heavy (non-hydrogen) atoms. The number of nitrogens with one attached hydrogen (secondary N) is 1. The molecular formula is C13H14FN3. The van der Waals surface area contributed by atoms with Crippen LogP contribution in [0.1, 0.15) is 18.5 Å². The molecule has 1 atom stereocenters. The molecule has 1 unspecified atom stereocenters. The largest absolute Gasteiger partial charge is 0.384 e. The number of halogens is 1. The summed E-state index contributed by atoms with van der Waals surface area (Å²) in [5.41, 5.74) is 6.46. The number of nitrogens with two attached hydrogens (primary N) is 1. The number of nitrogens with zero attached hydrogens (tertiary/aromatic N) is 1. The van der Waals surface area contributed by atoms with Gasteiger partial charge in [0, 0.05) is 0 Å². The third kappa shape index (κ3) is 2.93. The van der Waals surface area contributed by atoms with Gasteiger partial charge in [0.15, 0.2) is 0 Å². The Balaban J connectivity index is 2.14. The molecule has 0 bridgehead atoms. The highest BCUT2D eigenvalue weighted by Crippen LogP contribution is 2.18. The lowest BCUT2D eigenvalue weighted by Gasteiger charge is -2.15. The zero-order chi connectivity index (χ0) is 12.3. The number of aromatic nitrogens is 1. The van der Waals surface area contributed by atoms with Gasteiger partial charge in [0.25, 0.3) is 0 Å². The van der Waals surface area contributed by atoms with Gasteiger partial charge in [0.05, 0.1) is 6.04 Å². The van der Waals surface area contributed by atoms with Gasteiger partial charge < -0.3 is 11.1 Å². The summed E-state index contributed by atoms with van der Waals surface area (Å²) in [5.74, 6) is 0.903. The molecule has 0 aliphatic heterocycles. The molecule has 3 N–H and O–H groups in total. The molecule has 0 aliphatic rings. The lowest BCUT2D eigenvalue weighted by Crippen LogP contribution is -2.08. The minimum absolute atomic E-state index is 0.0278. The van der Waals surface area contributed by atoms with Crippen LogP contribution in [0.4, 0.5) is 16.0 Å². The summed E-state index contributed by atoms with van der Waals surface area (Å²) in [4.78, 5) is 4.13. The Bertz CT molecular complexity index is 514. The molecule has 1 heterocycles. The molecule has 0 radical (unpaired) electrons. The first-order chi connectivity index (χ1) is 8.15. The maximum atomic E-state index is 13.1. The minimum Gasteiger partial charge on any atom is -0.384 e. The van der Waals surface area contributed by atoms with Gasteiger partial charge in [-0.25, -0.2) is 9.37 Å². The topological polar surface area (TPSA) is 50.9 Å². The van der Waals surface area contributed by atoms with E-state index < -0.39 is 0 Å². The van der Waals surface area contributed by atoms with Crippen molar-refractivity contribution in [3.8, 4) is 0 Å². The summed E-state index contributed by atoms with van der Waals surface area (Å²) in [5, 5.41) is 3.17. The Morgan fingerprint density at radius 3 is 2.71 bits per heavy atom. The van der Waals surface area contributed by atoms with Crippen LogP contribution in [-0.4, -0.2) is 4.98 Å². The molecule has 88 valence electrons. The number of anilines is 2. The summed E-state index contributed by atoms with van der Waals surface area (Å²) >= 11 is 0. The van der Waals surface area contributed by atoms with Gasteiger partial charge in [-0.15, -0.1) is 0 Å². The van der Waals surface area contributed by atoms with Gasteiger partial charge in [-0.3, -0.25) is 0 Å². The molecule has 0 saturated heterocycles. The van der Waals surface area contributed by atoms with Crippen molar-refractivity contribution in [2.75, 3.05) is 11.1 Å². The smallest absolute Gasteiger partial charge is 0.128 e. The Hall–Kier alpha value is -2.10. The molecule has 3 nitrogen and oxygen atoms in total. The molecule has 0 aliphatic carbocycles. The second kappa shape index (κ2) is 4.82. The van der Waals surface area contributed by atoms with E-state index in [1.807, 2.05) is 25.1 Å². The molecule has 0 fully saturated rings. The van der Waals surface area contributed by atoms with Gasteiger partial charge in [-0.2, -0.15) is 0 Å². The summed E-state index contributed by atoms with van der Waals surface area (Å²) in [7, 11) is 0. The second-order valence-corrected chi connectivity index (χ2v) is 3.87. The Morgan fingerprint density at radius 2 is 2.00 bits per heavy atom. The highest BCUT2D eigenvalue weighted by Gasteiger charge is 2.06. The van der Waals surface area contributed by atoms with E-state index in [1.165, 1.54) is 12.1 Å². The molecule has 0 saturated carbocycles. The van der Waals surface area contributed by atoms with Crippen LogP contribution in [0.15, 0.2) is 42.5 Å². The fraction of sp³-hybridized carbons (Fsp3) is 0.154. The maximum Gasteiger partial charge on any atom is 0.128 e. The lowest BCUT2D eigenvalue weighted by molar-refractivity contribution is 0.623. The van der Waals surface area contributed by atoms with Crippen LogP contribution in [0, 0.1) is 5.82 Å². The van der Waals surface area contributed by atoms with E-state index in [2.05, 4.69) is 10.3 Å². The van der Waals surface area contributed by atoms with E-state index >= 15 is 0 Å². The first-order valence-electron chi connectivity index (χ1n) is 5.39. The average molecular weight is 231 g/mol. The van der Waals surface area contributed by atoms with E-state index in [-0.39, 0.29) is 11.9 Å². The summed E-state index contributed by atoms with van der Waals surface area (Å²) in [6, 6.07) is 11.8. The molecule has 1 aromatic carbocycles. The second-order valence-electron chi connectivity index (χ2n) is 3.87. The number of benzene rings is 1. The van der Waals surface area contributed by atoms with E-state index in [4.69, 9.17) is 5.73 Å². The Kier molecular flexibility index (Phi) is 3.23. The predicted molar refractivity (Wildman–Crippen MR) is 67.1 cm³/mol. The van der Waals surface area contributed by atoms with Gasteiger partial charge >= 0.3 is 0 Å². The highest BCUT2D eigenvalue weighted by atomic mass is 19.1. The van der Waals surface area contributed by atoms with Crippen LogP contribution in [0.2, 0.25) is 0 Å². The van der Waals surface area contributed by atoms with Crippen molar-refractivity contribution in [3.05, 3.63) is 53.8 Å². The van der Waals surface area contributed by atoms with Crippen LogP contribution in [-0.2, 0) is 0 Å². The van der Waals surface area contributed by atoms with Gasteiger partial charge in [0.2, 0.25) is 0 Å². The fourth-order valence-electron chi connectivity index (χ4n) is 1.61. The molecule has 0 spiro atoms. The van der Waals surface area contributed by atoms with Crippen molar-refractivity contribution < 1.29 is 4.39 Å². The first-order valence-corrected chi connectivity index (χ1v) is 5.39. The normalized spacial score (nSPS) is 12.1. The van der Waals surface area contributed by atoms with Crippen molar-refractivity contribution in [3.63, 3.8) is 0 Å². The van der Waals surface area contributed by atoms with E-state index in [1.54, 1.807) is 12.1 Å². The van der Waals surface area contributed by atoms with Crippen molar-refractivity contribution in [2.24, 2.45) is 0 Å². The van der Waals surface area contributed by atoms with E-state index in [9.17, 15) is 4.39 Å². The van der Waals surface area contributed by atoms with Crippen molar-refractivity contribution in [1.29, 1.82) is 0 Å². The zero-order valence-electron chi connectivity index (χ0n) is 9.52. The summed E-state index contributed by atoms with van der Waals surface area (Å²) < 4.78 is 13.1. The standard InChI is InChI=1S/C13H14FN3/c1-9(10-4-2-5-11(14)8-10)16-13-7-3-6-12(15)17-13/h2-9H,1H3,(H3,15,16,17). The average Bonchev–Trinajstić information content (AvgIpc) is 2.29. The molecule has 4 heteroatoms. The van der Waals surface area contributed by atoms with E-state index in [0.717, 1.165) is 5.56 Å². The van der Waals surface area contributed by atoms with Gasteiger partial charge in [0.1, 0.15) is 17.5 Å². The zero-order valence-corrected chi connectivity index (χ0v) is 9.52. The SMILES string of the molecule is CC(Nc1cccc(N)n1)c1cccc(F)c1. The van der Waals surface area contributed by atoms with Gasteiger partial charge in [-0.1, -0.05) is 18.2 Å². The number of nitrogen functional groups attached to an aromatic ring is 1. The maximum absolute atomic E-state index is 13.1. The third-order valence-corrected chi connectivity index (χ3v) is 2.48. The quantitative estimate of drug-likeness (QED) is 0.853. The van der Waals surface area contributed by atoms with Crippen LogP contribution in [0.25, 0.3) is 0 Å². The van der Waals surface area contributed by atoms with Crippen molar-refractivity contribution in [1.82, 2.24) is 4.98 Å². The van der Waals surface area contributed by atoms with Crippen LogP contribution in [0.5, 0.6) is 0 Å². The van der Waals surface area contributed by atoms with Crippen molar-refractivity contribution >= 4 is 11.6 Å². The van der Waals surface area contributed by atoms with E-state index in [0.29, 0.717) is 11.6 Å². The summed E-state index contributed by atoms with van der Waals surface area (Å²) in [6.07, 6.45) is 0. The Labute approximate surface area is 99.5 Å². The van der Waals surface area contributed by atoms with Crippen LogP contribution in [0.3, 0.4) is 0 Å². The molecule has 0 amide bonds. The number of pyridine rings is 1. The van der Waals surface area contributed by atoms with Crippen LogP contribution < -0.4 is 11.1 Å². The lowest BCUT2D eigenvalue weighted by atomic mass is 10.1. The fourth-order valence-corrected chi connectivity index (χ4v) is 1.61. The molecule has 1 aromatic heterocycles. The number of hydrogen-bond donors (Lipinski definition) is 2. The third-order valence-electron chi connectivity index (χ3n) is 2.48. The first kappa shape index (κ1) is 11.4. The number of rotatable bonds is 3. The molecule has 2 rings (SSSR count). The molecule has 2 aromatic rings. The highest BCUT2D eigenvalue weighted by molar-refractivity contribution is 5.44. The summed E-state index contributed by atoms with van der Waals surface area (Å²) in [6.45, 7) is 1.94. The number of hydrogen-bond acceptors (Lipinski definition) is 3. The monoisotopic (exact) mass is 231 g/mol. The van der Waals surface area contributed by atoms with Gasteiger partial charge in [-0.05, 0) is 36.8 Å². The predicted octanol–water partition coefficient (Wildman–Crippen LogP) is 2.98. The van der Waals surface area contributed by atoms with Crippen LogP contribution >= 0.6 is 0 Å². The molecular weight excluding hydrogens is 217 g/mol.